The maximum absolute atomic E-state index is 12.7. The highest BCUT2D eigenvalue weighted by molar-refractivity contribution is 7.80. The van der Waals surface area contributed by atoms with Crippen LogP contribution in [0.4, 0.5) is 4.79 Å². The van der Waals surface area contributed by atoms with E-state index in [2.05, 4.69) is 15.1 Å². The molecule has 3 heterocycles. The summed E-state index contributed by atoms with van der Waals surface area (Å²) in [7, 11) is -4.81. The third kappa shape index (κ3) is 3.71. The van der Waals surface area contributed by atoms with Gasteiger partial charge in [-0.1, -0.05) is 12.8 Å². The van der Waals surface area contributed by atoms with Crippen molar-refractivity contribution in [1.29, 1.82) is 0 Å². The lowest BCUT2D eigenvalue weighted by atomic mass is 9.77. The van der Waals surface area contributed by atoms with Crippen LogP contribution in [-0.4, -0.2) is 72.7 Å². The van der Waals surface area contributed by atoms with Crippen LogP contribution < -0.4 is 10.8 Å². The molecule has 4 aliphatic rings. The van der Waals surface area contributed by atoms with Crippen molar-refractivity contribution in [3.05, 3.63) is 0 Å². The molecule has 3 saturated heterocycles. The first kappa shape index (κ1) is 19.8. The number of carbonyl (C=O) groups excluding carboxylic acids is 2. The third-order valence-corrected chi connectivity index (χ3v) is 6.79. The Labute approximate surface area is 163 Å². The van der Waals surface area contributed by atoms with Crippen LogP contribution in [0.15, 0.2) is 0 Å². The molecule has 11 nitrogen and oxygen atoms in total. The fraction of sp³-hybridized carbons (Fsp3) is 0.875. The molecule has 1 spiro atoms. The van der Waals surface area contributed by atoms with E-state index in [0.717, 1.165) is 45.2 Å². The number of nitrogens with one attached hydrogen (secondary N) is 2. The molecule has 3 aliphatic heterocycles. The van der Waals surface area contributed by atoms with Crippen LogP contribution in [0.5, 0.6) is 0 Å². The molecule has 1 saturated carbocycles. The van der Waals surface area contributed by atoms with E-state index in [1.807, 2.05) is 0 Å². The van der Waals surface area contributed by atoms with Gasteiger partial charge in [-0.05, 0) is 38.6 Å². The number of urea groups is 1. The predicted octanol–water partition coefficient (Wildman–Crippen LogP) is -0.0405. The first-order chi connectivity index (χ1) is 13.3. The van der Waals surface area contributed by atoms with E-state index in [9.17, 15) is 18.0 Å². The highest BCUT2D eigenvalue weighted by atomic mass is 32.3. The van der Waals surface area contributed by atoms with E-state index in [4.69, 9.17) is 9.39 Å². The summed E-state index contributed by atoms with van der Waals surface area (Å²) in [4.78, 5) is 32.2. The van der Waals surface area contributed by atoms with Crippen molar-refractivity contribution in [1.82, 2.24) is 20.8 Å². The van der Waals surface area contributed by atoms with Gasteiger partial charge >= 0.3 is 16.4 Å². The van der Waals surface area contributed by atoms with Gasteiger partial charge in [-0.3, -0.25) is 14.2 Å². The Balaban J connectivity index is 1.37. The van der Waals surface area contributed by atoms with Gasteiger partial charge < -0.3 is 10.2 Å². The van der Waals surface area contributed by atoms with Crippen LogP contribution in [0, 0.1) is 5.41 Å². The number of hydrogen-bond acceptors (Lipinski definition) is 7. The maximum Gasteiger partial charge on any atom is 0.418 e. The smallest absolute Gasteiger partial charge is 0.316 e. The van der Waals surface area contributed by atoms with Gasteiger partial charge in [0, 0.05) is 18.5 Å². The number of amides is 3. The minimum absolute atomic E-state index is 0.0484. The molecule has 12 heteroatoms. The van der Waals surface area contributed by atoms with Gasteiger partial charge in [-0.15, -0.1) is 4.28 Å². The zero-order valence-electron chi connectivity index (χ0n) is 15.5. The molecular weight excluding hydrogens is 392 g/mol. The highest BCUT2D eigenvalue weighted by Crippen LogP contribution is 2.44. The Morgan fingerprint density at radius 3 is 2.71 bits per heavy atom. The monoisotopic (exact) mass is 418 g/mol. The molecular formula is C16H26N4O7S. The van der Waals surface area contributed by atoms with E-state index in [1.165, 1.54) is 4.90 Å². The molecule has 3 amide bonds. The quantitative estimate of drug-likeness (QED) is 0.418. The van der Waals surface area contributed by atoms with Crippen molar-refractivity contribution in [2.75, 3.05) is 19.6 Å². The summed E-state index contributed by atoms with van der Waals surface area (Å²) in [6, 6.07) is -2.04. The Morgan fingerprint density at radius 2 is 2.00 bits per heavy atom. The Hall–Kier alpha value is -1.47. The van der Waals surface area contributed by atoms with Gasteiger partial charge in [-0.25, -0.2) is 10.3 Å². The van der Waals surface area contributed by atoms with Gasteiger partial charge in [0.2, 0.25) is 0 Å². The van der Waals surface area contributed by atoms with Gasteiger partial charge in [0.1, 0.15) is 6.04 Å². The van der Waals surface area contributed by atoms with E-state index in [-0.39, 0.29) is 18.1 Å². The standard InChI is InChI=1S/C16H26N4O7S/c21-14(18-26-13-5-8-17-10-16(13)6-1-2-7-16)12-4-3-11-9-19(12)15(22)20(11)27-28(23,24)25/h11-13,17H,1-10H2,(H,18,21)(H,23,24,25). The fourth-order valence-electron chi connectivity index (χ4n) is 5.05. The molecule has 0 aromatic rings. The second kappa shape index (κ2) is 7.41. The van der Waals surface area contributed by atoms with Gasteiger partial charge in [0.25, 0.3) is 5.91 Å². The predicted molar refractivity (Wildman–Crippen MR) is 94.8 cm³/mol. The number of rotatable bonds is 5. The molecule has 4 rings (SSSR count). The SMILES string of the molecule is O=C(NOC1CCNCC12CCCC2)C1CCC2CN1C(=O)N2OS(=O)(=O)O. The molecule has 28 heavy (non-hydrogen) atoms. The van der Waals surface area contributed by atoms with E-state index in [1.54, 1.807) is 0 Å². The molecule has 0 radical (unpaired) electrons. The summed E-state index contributed by atoms with van der Waals surface area (Å²) >= 11 is 0. The molecule has 2 bridgehead atoms. The van der Waals surface area contributed by atoms with E-state index in [0.29, 0.717) is 17.9 Å². The summed E-state index contributed by atoms with van der Waals surface area (Å²) in [5.74, 6) is -0.424. The molecule has 0 aromatic heterocycles. The Kier molecular flexibility index (Phi) is 5.25. The average molecular weight is 418 g/mol. The van der Waals surface area contributed by atoms with Crippen molar-refractivity contribution in [3.63, 3.8) is 0 Å². The van der Waals surface area contributed by atoms with Gasteiger partial charge in [0.05, 0.1) is 12.1 Å². The number of fused-ring (bicyclic) bond motifs is 2. The van der Waals surface area contributed by atoms with Crippen molar-refractivity contribution in [2.24, 2.45) is 5.41 Å². The summed E-state index contributed by atoms with van der Waals surface area (Å²) in [5.41, 5.74) is 2.60. The lowest BCUT2D eigenvalue weighted by Gasteiger charge is -2.41. The molecule has 158 valence electrons. The number of hydrogen-bond donors (Lipinski definition) is 3. The lowest BCUT2D eigenvalue weighted by Crippen LogP contribution is -2.54. The summed E-state index contributed by atoms with van der Waals surface area (Å²) in [6.07, 6.45) is 5.94. The van der Waals surface area contributed by atoms with Crippen molar-refractivity contribution in [3.8, 4) is 0 Å². The molecule has 1 aliphatic carbocycles. The fourth-order valence-corrected chi connectivity index (χ4v) is 5.44. The number of hydroxylamine groups is 3. The Bertz CT molecular complexity index is 739. The molecule has 3 atom stereocenters. The zero-order chi connectivity index (χ0) is 19.9. The molecule has 3 N–H and O–H groups in total. The molecule has 0 aromatic carbocycles. The van der Waals surface area contributed by atoms with Gasteiger partial charge in [-0.2, -0.15) is 13.5 Å². The van der Waals surface area contributed by atoms with Crippen LogP contribution in [-0.2, 0) is 24.3 Å². The maximum atomic E-state index is 12.7. The van der Waals surface area contributed by atoms with E-state index >= 15 is 0 Å². The summed E-state index contributed by atoms with van der Waals surface area (Å²) in [5, 5.41) is 4.04. The van der Waals surface area contributed by atoms with Crippen LogP contribution in [0.1, 0.15) is 44.9 Å². The first-order valence-corrected chi connectivity index (χ1v) is 11.1. The van der Waals surface area contributed by atoms with Gasteiger partial charge in [0.15, 0.2) is 0 Å². The third-order valence-electron chi connectivity index (χ3n) is 6.44. The second-order valence-corrected chi connectivity index (χ2v) is 9.12. The van der Waals surface area contributed by atoms with Crippen LogP contribution >= 0.6 is 0 Å². The Morgan fingerprint density at radius 1 is 1.25 bits per heavy atom. The molecule has 3 unspecified atom stereocenters. The number of piperidine rings is 2. The van der Waals surface area contributed by atoms with Crippen LogP contribution in [0.2, 0.25) is 0 Å². The van der Waals surface area contributed by atoms with Crippen molar-refractivity contribution >= 4 is 22.3 Å². The summed E-state index contributed by atoms with van der Waals surface area (Å²) in [6.45, 7) is 1.87. The largest absolute Gasteiger partial charge is 0.418 e. The lowest BCUT2D eigenvalue weighted by molar-refractivity contribution is -0.155. The second-order valence-electron chi connectivity index (χ2n) is 8.12. The van der Waals surface area contributed by atoms with Crippen LogP contribution in [0.25, 0.3) is 0 Å². The zero-order valence-corrected chi connectivity index (χ0v) is 16.3. The van der Waals surface area contributed by atoms with Crippen molar-refractivity contribution < 1.29 is 31.7 Å². The normalized spacial score (nSPS) is 32.2. The van der Waals surface area contributed by atoms with Crippen LogP contribution in [0.3, 0.4) is 0 Å². The number of nitrogens with zero attached hydrogens (tertiary/aromatic N) is 2. The molecule has 4 fully saturated rings. The van der Waals surface area contributed by atoms with E-state index < -0.39 is 34.4 Å². The minimum atomic E-state index is -4.81. The summed E-state index contributed by atoms with van der Waals surface area (Å²) < 4.78 is 35.1. The topological polar surface area (TPSA) is 138 Å². The average Bonchev–Trinajstić information content (AvgIpc) is 3.20. The first-order valence-electron chi connectivity index (χ1n) is 9.72. The minimum Gasteiger partial charge on any atom is -0.316 e. The highest BCUT2D eigenvalue weighted by Gasteiger charge is 2.50. The van der Waals surface area contributed by atoms with Crippen molar-refractivity contribution in [2.45, 2.75) is 63.1 Å². The number of carbonyl (C=O) groups is 2.